The lowest BCUT2D eigenvalue weighted by atomic mass is 9.98. The van der Waals surface area contributed by atoms with Gasteiger partial charge in [0.25, 0.3) is 0 Å². The number of hydrogen-bond donors (Lipinski definition) is 2. The van der Waals surface area contributed by atoms with Crippen molar-refractivity contribution in [2.24, 2.45) is 17.8 Å². The Morgan fingerprint density at radius 2 is 2.00 bits per heavy atom. The van der Waals surface area contributed by atoms with Crippen molar-refractivity contribution in [1.82, 2.24) is 10.6 Å². The van der Waals surface area contributed by atoms with Gasteiger partial charge in [0.1, 0.15) is 0 Å². The van der Waals surface area contributed by atoms with E-state index in [9.17, 15) is 4.79 Å². The maximum atomic E-state index is 11.4. The van der Waals surface area contributed by atoms with Gasteiger partial charge in [0.2, 0.25) is 5.91 Å². The molecule has 1 unspecified atom stereocenters. The molecule has 1 aliphatic rings. The molecule has 0 bridgehead atoms. The first-order chi connectivity index (χ1) is 7.09. The Bertz CT molecular complexity index is 200. The third-order valence-corrected chi connectivity index (χ3v) is 3.17. The molecule has 0 aromatic carbocycles. The van der Waals surface area contributed by atoms with Gasteiger partial charge in [0.15, 0.2) is 0 Å². The number of nitrogens with one attached hydrogen (secondary N) is 2. The fourth-order valence-electron chi connectivity index (χ4n) is 1.28. The van der Waals surface area contributed by atoms with E-state index >= 15 is 0 Å². The Labute approximate surface area is 93.0 Å². The molecule has 15 heavy (non-hydrogen) atoms. The summed E-state index contributed by atoms with van der Waals surface area (Å²) in [7, 11) is 0. The Balaban J connectivity index is 1.96. The first kappa shape index (κ1) is 12.5. The summed E-state index contributed by atoms with van der Waals surface area (Å²) in [5, 5.41) is 6.14. The lowest BCUT2D eigenvalue weighted by molar-refractivity contribution is -0.120. The fourth-order valence-corrected chi connectivity index (χ4v) is 1.28. The third-order valence-electron chi connectivity index (χ3n) is 3.17. The second-order valence-electron chi connectivity index (χ2n) is 5.10. The van der Waals surface area contributed by atoms with Crippen LogP contribution in [-0.2, 0) is 4.79 Å². The van der Waals surface area contributed by atoms with Gasteiger partial charge in [-0.05, 0) is 37.1 Å². The maximum absolute atomic E-state index is 11.4. The zero-order valence-electron chi connectivity index (χ0n) is 10.2. The molecule has 1 atom stereocenters. The van der Waals surface area contributed by atoms with E-state index in [2.05, 4.69) is 31.4 Å². The standard InChI is InChI=1S/C12H24N2O/c1-9(2)10(3)6-14-12(15)8-13-7-11-4-5-11/h9-11,13H,4-8H2,1-3H3,(H,14,15). The van der Waals surface area contributed by atoms with Crippen LogP contribution in [0, 0.1) is 17.8 Å². The van der Waals surface area contributed by atoms with Crippen LogP contribution < -0.4 is 10.6 Å². The third kappa shape index (κ3) is 5.78. The van der Waals surface area contributed by atoms with Crippen LogP contribution in [0.2, 0.25) is 0 Å². The fraction of sp³-hybridized carbons (Fsp3) is 0.917. The molecule has 3 heteroatoms. The normalized spacial score (nSPS) is 17.9. The molecule has 0 spiro atoms. The SMILES string of the molecule is CC(C)C(C)CNC(=O)CNCC1CC1. The number of carbonyl (C=O) groups excluding carboxylic acids is 1. The Morgan fingerprint density at radius 1 is 1.33 bits per heavy atom. The predicted molar refractivity (Wildman–Crippen MR) is 62.6 cm³/mol. The van der Waals surface area contributed by atoms with Gasteiger partial charge in [-0.3, -0.25) is 4.79 Å². The molecule has 1 aliphatic carbocycles. The van der Waals surface area contributed by atoms with E-state index in [-0.39, 0.29) is 5.91 Å². The Kier molecular flexibility index (Phi) is 5.09. The summed E-state index contributed by atoms with van der Waals surface area (Å²) in [5.41, 5.74) is 0. The summed E-state index contributed by atoms with van der Waals surface area (Å²) in [4.78, 5) is 11.4. The Hall–Kier alpha value is -0.570. The molecule has 1 fully saturated rings. The van der Waals surface area contributed by atoms with Crippen LogP contribution in [0.3, 0.4) is 0 Å². The molecule has 0 saturated heterocycles. The highest BCUT2D eigenvalue weighted by molar-refractivity contribution is 5.77. The van der Waals surface area contributed by atoms with Gasteiger partial charge in [-0.1, -0.05) is 20.8 Å². The van der Waals surface area contributed by atoms with E-state index in [1.54, 1.807) is 0 Å². The van der Waals surface area contributed by atoms with Gasteiger partial charge in [0, 0.05) is 6.54 Å². The second kappa shape index (κ2) is 6.11. The number of hydrogen-bond acceptors (Lipinski definition) is 2. The quantitative estimate of drug-likeness (QED) is 0.669. The van der Waals surface area contributed by atoms with Crippen LogP contribution in [0.4, 0.5) is 0 Å². The highest BCUT2D eigenvalue weighted by Gasteiger charge is 2.20. The number of amides is 1. The molecule has 0 heterocycles. The molecule has 1 rings (SSSR count). The first-order valence-corrected chi connectivity index (χ1v) is 6.07. The molecule has 0 radical (unpaired) electrons. The van der Waals surface area contributed by atoms with Crippen molar-refractivity contribution in [2.45, 2.75) is 33.6 Å². The number of rotatable bonds is 7. The predicted octanol–water partition coefficient (Wildman–Crippen LogP) is 1.39. The van der Waals surface area contributed by atoms with Gasteiger partial charge >= 0.3 is 0 Å². The molecule has 0 aromatic heterocycles. The van der Waals surface area contributed by atoms with Gasteiger partial charge < -0.3 is 10.6 Å². The summed E-state index contributed by atoms with van der Waals surface area (Å²) < 4.78 is 0. The largest absolute Gasteiger partial charge is 0.355 e. The highest BCUT2D eigenvalue weighted by Crippen LogP contribution is 2.27. The minimum Gasteiger partial charge on any atom is -0.355 e. The molecular weight excluding hydrogens is 188 g/mol. The van der Waals surface area contributed by atoms with Gasteiger partial charge in [-0.2, -0.15) is 0 Å². The number of carbonyl (C=O) groups is 1. The van der Waals surface area contributed by atoms with Crippen molar-refractivity contribution < 1.29 is 4.79 Å². The molecule has 0 aromatic rings. The highest BCUT2D eigenvalue weighted by atomic mass is 16.1. The summed E-state index contributed by atoms with van der Waals surface area (Å²) in [6.45, 7) is 8.81. The monoisotopic (exact) mass is 212 g/mol. The van der Waals surface area contributed by atoms with E-state index in [0.29, 0.717) is 18.4 Å². The molecule has 1 amide bonds. The molecule has 3 nitrogen and oxygen atoms in total. The van der Waals surface area contributed by atoms with Crippen molar-refractivity contribution >= 4 is 5.91 Å². The van der Waals surface area contributed by atoms with Crippen LogP contribution in [0.25, 0.3) is 0 Å². The van der Waals surface area contributed by atoms with Crippen LogP contribution in [0.5, 0.6) is 0 Å². The minimum absolute atomic E-state index is 0.128. The van der Waals surface area contributed by atoms with E-state index in [1.165, 1.54) is 12.8 Å². The van der Waals surface area contributed by atoms with Gasteiger partial charge in [-0.25, -0.2) is 0 Å². The van der Waals surface area contributed by atoms with Crippen molar-refractivity contribution in [2.75, 3.05) is 19.6 Å². The lowest BCUT2D eigenvalue weighted by Crippen LogP contribution is -2.37. The second-order valence-corrected chi connectivity index (χ2v) is 5.10. The van der Waals surface area contributed by atoms with Gasteiger partial charge in [-0.15, -0.1) is 0 Å². The zero-order chi connectivity index (χ0) is 11.3. The molecule has 1 saturated carbocycles. The average Bonchev–Trinajstić information content (AvgIpc) is 2.97. The summed E-state index contributed by atoms with van der Waals surface area (Å²) >= 11 is 0. The van der Waals surface area contributed by atoms with Crippen LogP contribution in [-0.4, -0.2) is 25.5 Å². The summed E-state index contributed by atoms with van der Waals surface area (Å²) in [5.74, 6) is 2.15. The van der Waals surface area contributed by atoms with E-state index in [1.807, 2.05) is 0 Å². The van der Waals surface area contributed by atoms with Crippen LogP contribution in [0.1, 0.15) is 33.6 Å². The van der Waals surface area contributed by atoms with E-state index in [0.717, 1.165) is 19.0 Å². The molecule has 2 N–H and O–H groups in total. The van der Waals surface area contributed by atoms with E-state index < -0.39 is 0 Å². The topological polar surface area (TPSA) is 41.1 Å². The lowest BCUT2D eigenvalue weighted by Gasteiger charge is -2.16. The molecular formula is C12H24N2O. The van der Waals surface area contributed by atoms with E-state index in [4.69, 9.17) is 0 Å². The van der Waals surface area contributed by atoms with Crippen molar-refractivity contribution in [3.05, 3.63) is 0 Å². The maximum Gasteiger partial charge on any atom is 0.233 e. The smallest absolute Gasteiger partial charge is 0.233 e. The minimum atomic E-state index is 0.128. The zero-order valence-corrected chi connectivity index (χ0v) is 10.2. The van der Waals surface area contributed by atoms with Crippen molar-refractivity contribution in [3.63, 3.8) is 0 Å². The summed E-state index contributed by atoms with van der Waals surface area (Å²) in [6, 6.07) is 0. The average molecular weight is 212 g/mol. The van der Waals surface area contributed by atoms with Gasteiger partial charge in [0.05, 0.1) is 6.54 Å². The molecule has 88 valence electrons. The van der Waals surface area contributed by atoms with Crippen molar-refractivity contribution in [3.8, 4) is 0 Å². The van der Waals surface area contributed by atoms with Crippen molar-refractivity contribution in [1.29, 1.82) is 0 Å². The summed E-state index contributed by atoms with van der Waals surface area (Å²) in [6.07, 6.45) is 2.66. The molecule has 0 aliphatic heterocycles. The Morgan fingerprint density at radius 3 is 2.53 bits per heavy atom. The first-order valence-electron chi connectivity index (χ1n) is 6.07. The van der Waals surface area contributed by atoms with Crippen LogP contribution in [0.15, 0.2) is 0 Å². The van der Waals surface area contributed by atoms with Crippen LogP contribution >= 0.6 is 0 Å².